The van der Waals surface area contributed by atoms with Crippen LogP contribution in [0.2, 0.25) is 10.0 Å². The van der Waals surface area contributed by atoms with Gasteiger partial charge in [-0.05, 0) is 48.0 Å². The summed E-state index contributed by atoms with van der Waals surface area (Å²) in [6.45, 7) is 1.82. The average molecular weight is 498 g/mol. The van der Waals surface area contributed by atoms with E-state index >= 15 is 0 Å². The first-order chi connectivity index (χ1) is 16.4. The Morgan fingerprint density at radius 2 is 1.56 bits per heavy atom. The zero-order valence-corrected chi connectivity index (χ0v) is 19.7. The highest BCUT2D eigenvalue weighted by atomic mass is 35.5. The Morgan fingerprint density at radius 3 is 2.21 bits per heavy atom. The lowest BCUT2D eigenvalue weighted by Gasteiger charge is -2.36. The third-order valence-electron chi connectivity index (χ3n) is 5.46. The van der Waals surface area contributed by atoms with E-state index in [1.165, 1.54) is 12.1 Å². The first kappa shape index (κ1) is 23.8. The van der Waals surface area contributed by atoms with Gasteiger partial charge in [0.2, 0.25) is 5.91 Å². The van der Waals surface area contributed by atoms with Gasteiger partial charge in [-0.25, -0.2) is 4.39 Å². The smallest absolute Gasteiger partial charge is 0.254 e. The molecule has 3 aromatic carbocycles. The fourth-order valence-electron chi connectivity index (χ4n) is 3.77. The fourth-order valence-corrected chi connectivity index (χ4v) is 4.30. The number of hydrogen-bond donors (Lipinski definition) is 1. The monoisotopic (exact) mass is 497 g/mol. The second kappa shape index (κ2) is 10.7. The molecule has 0 bridgehead atoms. The van der Waals surface area contributed by atoms with Gasteiger partial charge in [-0.3, -0.25) is 9.59 Å². The number of amides is 2. The number of hydrogen-bond acceptors (Lipinski definition) is 3. The predicted molar refractivity (Wildman–Crippen MR) is 135 cm³/mol. The molecule has 0 unspecified atom stereocenters. The van der Waals surface area contributed by atoms with Crippen LogP contribution in [-0.4, -0.2) is 42.9 Å². The van der Waals surface area contributed by atoms with Crippen molar-refractivity contribution in [3.05, 3.63) is 99.8 Å². The highest BCUT2D eigenvalue weighted by molar-refractivity contribution is 6.35. The molecular formula is C26H22Cl2FN3O2. The Balaban J connectivity index is 1.35. The summed E-state index contributed by atoms with van der Waals surface area (Å²) in [5, 5.41) is 3.48. The van der Waals surface area contributed by atoms with Gasteiger partial charge in [0.1, 0.15) is 5.82 Å². The summed E-state index contributed by atoms with van der Waals surface area (Å²) in [7, 11) is 0. The Hall–Kier alpha value is -3.35. The number of nitrogens with one attached hydrogen (secondary N) is 1. The third kappa shape index (κ3) is 5.95. The maximum Gasteiger partial charge on any atom is 0.254 e. The Labute approximate surface area is 207 Å². The molecular weight excluding hydrogens is 476 g/mol. The van der Waals surface area contributed by atoms with Gasteiger partial charge in [0.05, 0.1) is 5.69 Å². The van der Waals surface area contributed by atoms with Gasteiger partial charge in [0, 0.05) is 53.6 Å². The van der Waals surface area contributed by atoms with Crippen molar-refractivity contribution in [3.63, 3.8) is 0 Å². The molecule has 1 fully saturated rings. The lowest BCUT2D eigenvalue weighted by Crippen LogP contribution is -2.49. The number of halogens is 3. The quantitative estimate of drug-likeness (QED) is 0.456. The SMILES string of the molecule is O=C(/C=C/c1ccccc1)Nc1ccc(N2CCN(C(=O)c3cc(Cl)cc(Cl)c3)CC2)c(F)c1. The molecule has 0 aliphatic carbocycles. The summed E-state index contributed by atoms with van der Waals surface area (Å²) in [6.07, 6.45) is 3.10. The highest BCUT2D eigenvalue weighted by Gasteiger charge is 2.24. The summed E-state index contributed by atoms with van der Waals surface area (Å²) in [4.78, 5) is 28.5. The minimum absolute atomic E-state index is 0.161. The van der Waals surface area contributed by atoms with Crippen LogP contribution < -0.4 is 10.2 Å². The van der Waals surface area contributed by atoms with Crippen molar-refractivity contribution in [2.45, 2.75) is 0 Å². The number of benzene rings is 3. The minimum atomic E-state index is -0.439. The number of anilines is 2. The fraction of sp³-hybridized carbons (Fsp3) is 0.154. The van der Waals surface area contributed by atoms with Crippen molar-refractivity contribution >= 4 is 52.5 Å². The van der Waals surface area contributed by atoms with E-state index in [-0.39, 0.29) is 11.8 Å². The van der Waals surface area contributed by atoms with Gasteiger partial charge < -0.3 is 15.1 Å². The van der Waals surface area contributed by atoms with E-state index in [0.717, 1.165) is 5.56 Å². The van der Waals surface area contributed by atoms with Crippen LogP contribution in [0.3, 0.4) is 0 Å². The second-order valence-corrected chi connectivity index (χ2v) is 8.71. The van der Waals surface area contributed by atoms with Crippen molar-refractivity contribution in [3.8, 4) is 0 Å². The molecule has 34 heavy (non-hydrogen) atoms. The topological polar surface area (TPSA) is 52.7 Å². The first-order valence-corrected chi connectivity index (χ1v) is 11.5. The summed E-state index contributed by atoms with van der Waals surface area (Å²) in [6, 6.07) is 18.8. The molecule has 1 aliphatic rings. The van der Waals surface area contributed by atoms with E-state index in [1.807, 2.05) is 35.2 Å². The van der Waals surface area contributed by atoms with Gasteiger partial charge >= 0.3 is 0 Å². The Bertz CT molecular complexity index is 1210. The molecule has 0 spiro atoms. The molecule has 8 heteroatoms. The van der Waals surface area contributed by atoms with Gasteiger partial charge in [0.25, 0.3) is 5.91 Å². The molecule has 2 amide bonds. The van der Waals surface area contributed by atoms with Crippen molar-refractivity contribution in [2.24, 2.45) is 0 Å². The number of carbonyl (C=O) groups is 2. The summed E-state index contributed by atoms with van der Waals surface area (Å²) >= 11 is 12.0. The van der Waals surface area contributed by atoms with Gasteiger partial charge in [0.15, 0.2) is 0 Å². The molecule has 0 radical (unpaired) electrons. The Kier molecular flexibility index (Phi) is 7.50. The van der Waals surface area contributed by atoms with Gasteiger partial charge in [-0.15, -0.1) is 0 Å². The number of rotatable bonds is 5. The molecule has 174 valence electrons. The van der Waals surface area contributed by atoms with Crippen molar-refractivity contribution in [1.29, 1.82) is 0 Å². The van der Waals surface area contributed by atoms with Crippen LogP contribution in [-0.2, 0) is 4.79 Å². The third-order valence-corrected chi connectivity index (χ3v) is 5.90. The van der Waals surface area contributed by atoms with E-state index in [1.54, 1.807) is 41.3 Å². The van der Waals surface area contributed by atoms with Crippen molar-refractivity contribution in [1.82, 2.24) is 4.90 Å². The maximum absolute atomic E-state index is 14.8. The van der Waals surface area contributed by atoms with E-state index in [0.29, 0.717) is 53.2 Å². The molecule has 0 aromatic heterocycles. The van der Waals surface area contributed by atoms with Crippen LogP contribution in [0.15, 0.2) is 72.8 Å². The van der Waals surface area contributed by atoms with E-state index < -0.39 is 5.82 Å². The number of nitrogens with zero attached hydrogens (tertiary/aromatic N) is 2. The van der Waals surface area contributed by atoms with Crippen LogP contribution in [0.4, 0.5) is 15.8 Å². The van der Waals surface area contributed by atoms with Crippen molar-refractivity contribution in [2.75, 3.05) is 36.4 Å². The molecule has 1 N–H and O–H groups in total. The molecule has 1 heterocycles. The lowest BCUT2D eigenvalue weighted by molar-refractivity contribution is -0.111. The average Bonchev–Trinajstić information content (AvgIpc) is 2.83. The van der Waals surface area contributed by atoms with Crippen LogP contribution in [0, 0.1) is 5.82 Å². The van der Waals surface area contributed by atoms with Crippen LogP contribution in [0.1, 0.15) is 15.9 Å². The Morgan fingerprint density at radius 1 is 0.882 bits per heavy atom. The molecule has 1 aliphatic heterocycles. The highest BCUT2D eigenvalue weighted by Crippen LogP contribution is 2.25. The zero-order valence-electron chi connectivity index (χ0n) is 18.2. The standard InChI is InChI=1S/C26H22Cl2FN3O2/c27-20-14-19(15-21(28)16-20)26(34)32-12-10-31(11-13-32)24-8-7-22(17-23(24)29)30-25(33)9-6-18-4-2-1-3-5-18/h1-9,14-17H,10-13H2,(H,30,33)/b9-6+. The van der Waals surface area contributed by atoms with E-state index in [9.17, 15) is 14.0 Å². The summed E-state index contributed by atoms with van der Waals surface area (Å²) in [5.41, 5.74) is 2.13. The van der Waals surface area contributed by atoms with Crippen molar-refractivity contribution < 1.29 is 14.0 Å². The minimum Gasteiger partial charge on any atom is -0.366 e. The molecule has 0 atom stereocenters. The summed E-state index contributed by atoms with van der Waals surface area (Å²) < 4.78 is 14.8. The molecule has 1 saturated heterocycles. The second-order valence-electron chi connectivity index (χ2n) is 7.84. The lowest BCUT2D eigenvalue weighted by atomic mass is 10.1. The van der Waals surface area contributed by atoms with E-state index in [4.69, 9.17) is 23.2 Å². The normalized spacial score (nSPS) is 13.9. The summed E-state index contributed by atoms with van der Waals surface area (Å²) in [5.74, 6) is -0.943. The van der Waals surface area contributed by atoms with Crippen LogP contribution in [0.5, 0.6) is 0 Å². The zero-order chi connectivity index (χ0) is 24.1. The molecule has 4 rings (SSSR count). The molecule has 0 saturated carbocycles. The predicted octanol–water partition coefficient (Wildman–Crippen LogP) is 5.75. The molecule has 3 aromatic rings. The number of carbonyl (C=O) groups excluding carboxylic acids is 2. The first-order valence-electron chi connectivity index (χ1n) is 10.7. The molecule has 5 nitrogen and oxygen atoms in total. The largest absolute Gasteiger partial charge is 0.366 e. The van der Waals surface area contributed by atoms with Gasteiger partial charge in [-0.2, -0.15) is 0 Å². The van der Waals surface area contributed by atoms with E-state index in [2.05, 4.69) is 5.32 Å². The van der Waals surface area contributed by atoms with Gasteiger partial charge in [-0.1, -0.05) is 53.5 Å². The van der Waals surface area contributed by atoms with Crippen LogP contribution in [0.25, 0.3) is 6.08 Å². The van der Waals surface area contributed by atoms with Crippen LogP contribution >= 0.6 is 23.2 Å². The maximum atomic E-state index is 14.8. The number of piperazine rings is 1.